The van der Waals surface area contributed by atoms with Gasteiger partial charge in [-0.2, -0.15) is 5.10 Å². The first-order chi connectivity index (χ1) is 7.27. The van der Waals surface area contributed by atoms with Crippen LogP contribution in [-0.2, 0) is 6.54 Å². The van der Waals surface area contributed by atoms with Gasteiger partial charge < -0.3 is 4.74 Å². The molecule has 0 spiro atoms. The summed E-state index contributed by atoms with van der Waals surface area (Å²) in [4.78, 5) is 0. The van der Waals surface area contributed by atoms with E-state index in [-0.39, 0.29) is 0 Å². The van der Waals surface area contributed by atoms with Crippen molar-refractivity contribution in [1.82, 2.24) is 9.78 Å². The van der Waals surface area contributed by atoms with Gasteiger partial charge in [-0.05, 0) is 26.8 Å². The Bertz CT molecular complexity index is 474. The standard InChI is InChI=1S/C12H16N2O/c1-4-14-12-10(9(3)13-14)7-6-8-11(12)15-5-2/h6-8H,4-5H2,1-3H3. The summed E-state index contributed by atoms with van der Waals surface area (Å²) in [5, 5.41) is 5.67. The lowest BCUT2D eigenvalue weighted by Gasteiger charge is -2.06. The highest BCUT2D eigenvalue weighted by molar-refractivity contribution is 5.87. The Kier molecular flexibility index (Phi) is 2.62. The Morgan fingerprint density at radius 1 is 1.33 bits per heavy atom. The lowest BCUT2D eigenvalue weighted by molar-refractivity contribution is 0.342. The van der Waals surface area contributed by atoms with Crippen molar-refractivity contribution >= 4 is 10.9 Å². The van der Waals surface area contributed by atoms with Crippen LogP contribution in [0.25, 0.3) is 10.9 Å². The second-order valence-corrected chi connectivity index (χ2v) is 3.49. The molecule has 0 aliphatic carbocycles. The molecule has 1 aromatic carbocycles. The molecule has 2 aromatic rings. The minimum atomic E-state index is 0.688. The summed E-state index contributed by atoms with van der Waals surface area (Å²) >= 11 is 0. The van der Waals surface area contributed by atoms with E-state index in [9.17, 15) is 0 Å². The third-order valence-corrected chi connectivity index (χ3v) is 2.52. The van der Waals surface area contributed by atoms with Gasteiger partial charge in [-0.15, -0.1) is 0 Å². The van der Waals surface area contributed by atoms with E-state index < -0.39 is 0 Å². The van der Waals surface area contributed by atoms with Crippen LogP contribution < -0.4 is 4.74 Å². The summed E-state index contributed by atoms with van der Waals surface area (Å²) < 4.78 is 7.61. The molecule has 0 N–H and O–H groups in total. The van der Waals surface area contributed by atoms with Crippen molar-refractivity contribution in [3.63, 3.8) is 0 Å². The average molecular weight is 204 g/mol. The maximum Gasteiger partial charge on any atom is 0.145 e. The average Bonchev–Trinajstić information content (AvgIpc) is 2.58. The van der Waals surface area contributed by atoms with Gasteiger partial charge in [-0.1, -0.05) is 12.1 Å². The topological polar surface area (TPSA) is 27.1 Å². The zero-order valence-corrected chi connectivity index (χ0v) is 9.45. The summed E-state index contributed by atoms with van der Waals surface area (Å²) in [7, 11) is 0. The molecule has 0 aliphatic rings. The molecule has 1 heterocycles. The lowest BCUT2D eigenvalue weighted by atomic mass is 10.2. The Labute approximate surface area is 89.7 Å². The van der Waals surface area contributed by atoms with Gasteiger partial charge in [0.1, 0.15) is 11.3 Å². The predicted octanol–water partition coefficient (Wildman–Crippen LogP) is 2.76. The summed E-state index contributed by atoms with van der Waals surface area (Å²) in [6, 6.07) is 6.10. The van der Waals surface area contributed by atoms with Crippen LogP contribution in [0.15, 0.2) is 18.2 Å². The van der Waals surface area contributed by atoms with E-state index >= 15 is 0 Å². The van der Waals surface area contributed by atoms with E-state index in [4.69, 9.17) is 4.74 Å². The molecule has 0 atom stereocenters. The van der Waals surface area contributed by atoms with Gasteiger partial charge in [0.15, 0.2) is 0 Å². The van der Waals surface area contributed by atoms with Crippen LogP contribution in [0, 0.1) is 6.92 Å². The van der Waals surface area contributed by atoms with Crippen molar-refractivity contribution in [1.29, 1.82) is 0 Å². The second-order valence-electron chi connectivity index (χ2n) is 3.49. The molecule has 2 rings (SSSR count). The van der Waals surface area contributed by atoms with Gasteiger partial charge in [0, 0.05) is 11.9 Å². The molecule has 0 saturated carbocycles. The Morgan fingerprint density at radius 2 is 2.13 bits per heavy atom. The van der Waals surface area contributed by atoms with E-state index in [0.717, 1.165) is 23.5 Å². The summed E-state index contributed by atoms with van der Waals surface area (Å²) in [5.41, 5.74) is 2.17. The largest absolute Gasteiger partial charge is 0.492 e. The number of hydrogen-bond acceptors (Lipinski definition) is 2. The van der Waals surface area contributed by atoms with Gasteiger partial charge in [-0.25, -0.2) is 0 Å². The molecule has 0 bridgehead atoms. The highest BCUT2D eigenvalue weighted by atomic mass is 16.5. The molecule has 80 valence electrons. The van der Waals surface area contributed by atoms with Crippen molar-refractivity contribution in [2.45, 2.75) is 27.3 Å². The van der Waals surface area contributed by atoms with Crippen molar-refractivity contribution in [3.8, 4) is 5.75 Å². The van der Waals surface area contributed by atoms with Crippen LogP contribution >= 0.6 is 0 Å². The quantitative estimate of drug-likeness (QED) is 0.768. The van der Waals surface area contributed by atoms with Crippen molar-refractivity contribution in [2.24, 2.45) is 0 Å². The molecule has 1 aromatic heterocycles. The third-order valence-electron chi connectivity index (χ3n) is 2.52. The first kappa shape index (κ1) is 10.0. The number of rotatable bonds is 3. The number of nitrogens with zero attached hydrogens (tertiary/aromatic N) is 2. The first-order valence-electron chi connectivity index (χ1n) is 5.36. The van der Waals surface area contributed by atoms with Crippen molar-refractivity contribution in [2.75, 3.05) is 6.61 Å². The van der Waals surface area contributed by atoms with Crippen LogP contribution in [0.4, 0.5) is 0 Å². The smallest absolute Gasteiger partial charge is 0.145 e. The van der Waals surface area contributed by atoms with Gasteiger partial charge in [0.2, 0.25) is 0 Å². The van der Waals surface area contributed by atoms with Crippen molar-refractivity contribution < 1.29 is 4.74 Å². The second kappa shape index (κ2) is 3.93. The van der Waals surface area contributed by atoms with Crippen LogP contribution in [0.1, 0.15) is 19.5 Å². The normalized spacial score (nSPS) is 10.9. The number of aromatic nitrogens is 2. The minimum Gasteiger partial charge on any atom is -0.492 e. The monoisotopic (exact) mass is 204 g/mol. The zero-order chi connectivity index (χ0) is 10.8. The fraction of sp³-hybridized carbons (Fsp3) is 0.417. The first-order valence-corrected chi connectivity index (χ1v) is 5.36. The maximum atomic E-state index is 5.61. The molecule has 3 nitrogen and oxygen atoms in total. The minimum absolute atomic E-state index is 0.688. The van der Waals surface area contributed by atoms with Crippen LogP contribution in [0.3, 0.4) is 0 Å². The van der Waals surface area contributed by atoms with Crippen LogP contribution in [-0.4, -0.2) is 16.4 Å². The number of fused-ring (bicyclic) bond motifs is 1. The van der Waals surface area contributed by atoms with E-state index in [1.165, 1.54) is 5.39 Å². The number of benzene rings is 1. The number of para-hydroxylation sites is 1. The molecule has 0 amide bonds. The molecular formula is C12H16N2O. The zero-order valence-electron chi connectivity index (χ0n) is 9.45. The van der Waals surface area contributed by atoms with Crippen LogP contribution in [0.5, 0.6) is 5.75 Å². The highest BCUT2D eigenvalue weighted by Gasteiger charge is 2.10. The Hall–Kier alpha value is -1.51. The summed E-state index contributed by atoms with van der Waals surface area (Å²) in [6.45, 7) is 7.68. The third kappa shape index (κ3) is 1.58. The molecule has 0 unspecified atom stereocenters. The molecular weight excluding hydrogens is 188 g/mol. The number of hydrogen-bond donors (Lipinski definition) is 0. The molecule has 15 heavy (non-hydrogen) atoms. The predicted molar refractivity (Wildman–Crippen MR) is 61.3 cm³/mol. The Morgan fingerprint density at radius 3 is 2.80 bits per heavy atom. The van der Waals surface area contributed by atoms with E-state index in [1.54, 1.807) is 0 Å². The van der Waals surface area contributed by atoms with E-state index in [2.05, 4.69) is 18.1 Å². The fourth-order valence-electron chi connectivity index (χ4n) is 1.87. The molecule has 0 aliphatic heterocycles. The maximum absolute atomic E-state index is 5.61. The highest BCUT2D eigenvalue weighted by Crippen LogP contribution is 2.27. The molecule has 3 heteroatoms. The van der Waals surface area contributed by atoms with E-state index in [0.29, 0.717) is 6.61 Å². The number of ether oxygens (including phenoxy) is 1. The summed E-state index contributed by atoms with van der Waals surface area (Å²) in [5.74, 6) is 0.928. The summed E-state index contributed by atoms with van der Waals surface area (Å²) in [6.07, 6.45) is 0. The molecule has 0 fully saturated rings. The van der Waals surface area contributed by atoms with Gasteiger partial charge >= 0.3 is 0 Å². The lowest BCUT2D eigenvalue weighted by Crippen LogP contribution is -1.99. The van der Waals surface area contributed by atoms with Gasteiger partial charge in [0.05, 0.1) is 12.3 Å². The van der Waals surface area contributed by atoms with Gasteiger partial charge in [-0.3, -0.25) is 4.68 Å². The Balaban J connectivity index is 2.70. The molecule has 0 radical (unpaired) electrons. The van der Waals surface area contributed by atoms with Crippen molar-refractivity contribution in [3.05, 3.63) is 23.9 Å². The molecule has 0 saturated heterocycles. The van der Waals surface area contributed by atoms with Crippen LogP contribution in [0.2, 0.25) is 0 Å². The van der Waals surface area contributed by atoms with Gasteiger partial charge in [0.25, 0.3) is 0 Å². The fourth-order valence-corrected chi connectivity index (χ4v) is 1.87. The SMILES string of the molecule is CCOc1cccc2c(C)nn(CC)c12. The van der Waals surface area contributed by atoms with E-state index in [1.807, 2.05) is 30.7 Å². The number of aryl methyl sites for hydroxylation is 2.